The van der Waals surface area contributed by atoms with Crippen LogP contribution in [0.1, 0.15) is 32.6 Å². The number of hydrogen-bond donors (Lipinski definition) is 6. The highest BCUT2D eigenvalue weighted by molar-refractivity contribution is 5.83. The standard InChI is InChI=1S/C8H18O2.C4H6O6/c1-2-8(7-10)5-3-4-6-9;5-1(3(7)8)2(6)4(9)10/h8-10H,2-7H2,1H3;1-2,5-6H,(H,7,8)(H,9,10). The molecular formula is C12H24O8. The predicted molar refractivity (Wildman–Crippen MR) is 69.1 cm³/mol. The van der Waals surface area contributed by atoms with Gasteiger partial charge in [-0.2, -0.15) is 0 Å². The molecule has 0 bridgehead atoms. The Bertz CT molecular complexity index is 246. The summed E-state index contributed by atoms with van der Waals surface area (Å²) in [6.07, 6.45) is -0.531. The average molecular weight is 296 g/mol. The van der Waals surface area contributed by atoms with Gasteiger partial charge in [0.1, 0.15) is 0 Å². The fraction of sp³-hybridized carbons (Fsp3) is 0.833. The monoisotopic (exact) mass is 296 g/mol. The molecule has 20 heavy (non-hydrogen) atoms. The minimum absolute atomic E-state index is 0.280. The maximum Gasteiger partial charge on any atom is 0.335 e. The van der Waals surface area contributed by atoms with Crippen LogP contribution < -0.4 is 0 Å². The lowest BCUT2D eigenvalue weighted by Crippen LogP contribution is -2.39. The van der Waals surface area contributed by atoms with Gasteiger partial charge in [-0.1, -0.05) is 19.8 Å². The van der Waals surface area contributed by atoms with Gasteiger partial charge in [-0.3, -0.25) is 0 Å². The van der Waals surface area contributed by atoms with E-state index in [1.807, 2.05) is 0 Å². The molecule has 3 atom stereocenters. The molecule has 0 aromatic heterocycles. The minimum atomic E-state index is -2.27. The van der Waals surface area contributed by atoms with E-state index in [0.29, 0.717) is 12.5 Å². The van der Waals surface area contributed by atoms with Gasteiger partial charge in [-0.05, 0) is 18.8 Å². The molecule has 0 aliphatic carbocycles. The lowest BCUT2D eigenvalue weighted by atomic mass is 10.0. The maximum atomic E-state index is 9.77. The van der Waals surface area contributed by atoms with Gasteiger partial charge in [0.05, 0.1) is 0 Å². The average Bonchev–Trinajstić information content (AvgIpc) is 2.42. The maximum absolute atomic E-state index is 9.77. The van der Waals surface area contributed by atoms with Crippen molar-refractivity contribution in [2.45, 2.75) is 44.8 Å². The van der Waals surface area contributed by atoms with E-state index in [9.17, 15) is 9.59 Å². The van der Waals surface area contributed by atoms with Crippen molar-refractivity contribution in [3.05, 3.63) is 0 Å². The molecular weight excluding hydrogens is 272 g/mol. The number of aliphatic hydroxyl groups excluding tert-OH is 4. The lowest BCUT2D eigenvalue weighted by Gasteiger charge is -2.09. The second-order valence-corrected chi connectivity index (χ2v) is 4.24. The van der Waals surface area contributed by atoms with Crippen molar-refractivity contribution in [1.82, 2.24) is 0 Å². The van der Waals surface area contributed by atoms with Crippen LogP contribution in [0, 0.1) is 5.92 Å². The van der Waals surface area contributed by atoms with Crippen LogP contribution in [0.2, 0.25) is 0 Å². The topological polar surface area (TPSA) is 156 Å². The Labute approximate surface area is 117 Å². The molecule has 0 saturated carbocycles. The zero-order chi connectivity index (χ0) is 16.1. The van der Waals surface area contributed by atoms with Crippen molar-refractivity contribution in [1.29, 1.82) is 0 Å². The van der Waals surface area contributed by atoms with Gasteiger partial charge >= 0.3 is 11.9 Å². The molecule has 0 spiro atoms. The third-order valence-corrected chi connectivity index (χ3v) is 2.66. The van der Waals surface area contributed by atoms with Gasteiger partial charge < -0.3 is 30.6 Å². The van der Waals surface area contributed by atoms with Crippen LogP contribution in [0.25, 0.3) is 0 Å². The summed E-state index contributed by atoms with van der Waals surface area (Å²) in [7, 11) is 0. The molecule has 0 amide bonds. The summed E-state index contributed by atoms with van der Waals surface area (Å²) in [5.41, 5.74) is 0. The number of carboxylic acid groups (broad SMARTS) is 2. The number of hydrogen-bond acceptors (Lipinski definition) is 6. The van der Waals surface area contributed by atoms with E-state index in [4.69, 9.17) is 30.6 Å². The van der Waals surface area contributed by atoms with Gasteiger partial charge in [0.2, 0.25) is 0 Å². The molecule has 0 aliphatic heterocycles. The van der Waals surface area contributed by atoms with Crippen LogP contribution in [0.15, 0.2) is 0 Å². The summed E-state index contributed by atoms with van der Waals surface area (Å²) in [5, 5.41) is 49.8. The fourth-order valence-electron chi connectivity index (χ4n) is 1.24. The number of aliphatic carboxylic acids is 2. The number of aliphatic hydroxyl groups is 4. The minimum Gasteiger partial charge on any atom is -0.479 e. The largest absolute Gasteiger partial charge is 0.479 e. The first-order valence-corrected chi connectivity index (χ1v) is 6.35. The van der Waals surface area contributed by atoms with Crippen LogP contribution in [0.3, 0.4) is 0 Å². The molecule has 0 fully saturated rings. The van der Waals surface area contributed by atoms with E-state index in [2.05, 4.69) is 6.92 Å². The molecule has 0 rings (SSSR count). The highest BCUT2D eigenvalue weighted by Crippen LogP contribution is 2.10. The van der Waals surface area contributed by atoms with Gasteiger partial charge in [-0.15, -0.1) is 0 Å². The fourth-order valence-corrected chi connectivity index (χ4v) is 1.24. The smallest absolute Gasteiger partial charge is 0.335 e. The molecule has 3 unspecified atom stereocenters. The highest BCUT2D eigenvalue weighted by atomic mass is 16.4. The molecule has 0 saturated heterocycles. The summed E-state index contributed by atoms with van der Waals surface area (Å²) in [6.45, 7) is 2.66. The summed E-state index contributed by atoms with van der Waals surface area (Å²) < 4.78 is 0. The van der Waals surface area contributed by atoms with Crippen molar-refractivity contribution in [2.24, 2.45) is 5.92 Å². The lowest BCUT2D eigenvalue weighted by molar-refractivity contribution is -0.165. The third-order valence-electron chi connectivity index (χ3n) is 2.66. The molecule has 6 N–H and O–H groups in total. The quantitative estimate of drug-likeness (QED) is 0.297. The van der Waals surface area contributed by atoms with Crippen molar-refractivity contribution in [3.63, 3.8) is 0 Å². The Hall–Kier alpha value is -1.22. The first kappa shape index (κ1) is 21.1. The van der Waals surface area contributed by atoms with Crippen molar-refractivity contribution in [3.8, 4) is 0 Å². The van der Waals surface area contributed by atoms with E-state index >= 15 is 0 Å². The Morgan fingerprint density at radius 3 is 1.65 bits per heavy atom. The van der Waals surface area contributed by atoms with E-state index in [0.717, 1.165) is 25.7 Å². The zero-order valence-electron chi connectivity index (χ0n) is 11.5. The Kier molecular flexibility index (Phi) is 13.5. The third kappa shape index (κ3) is 10.7. The van der Waals surface area contributed by atoms with Crippen molar-refractivity contribution < 1.29 is 40.2 Å². The van der Waals surface area contributed by atoms with E-state index in [-0.39, 0.29) is 6.61 Å². The number of carboxylic acids is 2. The summed E-state index contributed by atoms with van der Waals surface area (Å²) in [4.78, 5) is 19.5. The first-order valence-electron chi connectivity index (χ1n) is 6.35. The summed E-state index contributed by atoms with van der Waals surface area (Å²) >= 11 is 0. The summed E-state index contributed by atoms with van der Waals surface area (Å²) in [6, 6.07) is 0. The molecule has 0 aromatic carbocycles. The van der Waals surface area contributed by atoms with Gasteiger partial charge in [0.15, 0.2) is 12.2 Å². The number of unbranched alkanes of at least 4 members (excludes halogenated alkanes) is 1. The van der Waals surface area contributed by atoms with Gasteiger partial charge in [-0.25, -0.2) is 9.59 Å². The molecule has 0 aliphatic rings. The Morgan fingerprint density at radius 1 is 0.950 bits per heavy atom. The van der Waals surface area contributed by atoms with Crippen LogP contribution in [0.5, 0.6) is 0 Å². The van der Waals surface area contributed by atoms with Crippen LogP contribution in [-0.2, 0) is 9.59 Å². The zero-order valence-corrected chi connectivity index (χ0v) is 11.5. The Morgan fingerprint density at radius 2 is 1.40 bits per heavy atom. The first-order chi connectivity index (χ1) is 9.31. The van der Waals surface area contributed by atoms with Gasteiger partial charge in [0, 0.05) is 13.2 Å². The van der Waals surface area contributed by atoms with Crippen molar-refractivity contribution >= 4 is 11.9 Å². The molecule has 0 heterocycles. The number of carbonyl (C=O) groups is 2. The number of rotatable bonds is 9. The SMILES string of the molecule is CCC(CO)CCCCO.O=C(O)C(O)C(O)C(=O)O. The summed E-state index contributed by atoms with van der Waals surface area (Å²) in [5.74, 6) is -3.09. The normalized spacial score (nSPS) is 14.7. The van der Waals surface area contributed by atoms with Gasteiger partial charge in [0.25, 0.3) is 0 Å². The van der Waals surface area contributed by atoms with E-state index in [1.54, 1.807) is 0 Å². The van der Waals surface area contributed by atoms with E-state index < -0.39 is 24.1 Å². The highest BCUT2D eigenvalue weighted by Gasteiger charge is 2.29. The van der Waals surface area contributed by atoms with Crippen LogP contribution >= 0.6 is 0 Å². The molecule has 0 radical (unpaired) electrons. The molecule has 0 aromatic rings. The molecule has 120 valence electrons. The predicted octanol–water partition coefficient (Wildman–Crippen LogP) is -0.955. The van der Waals surface area contributed by atoms with Crippen molar-refractivity contribution in [2.75, 3.05) is 13.2 Å². The van der Waals surface area contributed by atoms with E-state index in [1.165, 1.54) is 0 Å². The van der Waals surface area contributed by atoms with Crippen LogP contribution in [0.4, 0.5) is 0 Å². The van der Waals surface area contributed by atoms with Crippen LogP contribution in [-0.4, -0.2) is 68.0 Å². The molecule has 8 nitrogen and oxygen atoms in total. The molecule has 8 heteroatoms. The Balaban J connectivity index is 0. The second-order valence-electron chi connectivity index (χ2n) is 4.24. The second kappa shape index (κ2) is 12.8.